The zero-order valence-corrected chi connectivity index (χ0v) is 7.12. The van der Waals surface area contributed by atoms with Crippen LogP contribution in [0.15, 0.2) is 0 Å². The molecule has 0 saturated carbocycles. The van der Waals surface area contributed by atoms with Crippen LogP contribution in [0.3, 0.4) is 0 Å². The number of hydrogen-bond donors (Lipinski definition) is 0. The van der Waals surface area contributed by atoms with Gasteiger partial charge in [0, 0.05) is 11.3 Å². The van der Waals surface area contributed by atoms with Crippen LogP contribution < -0.4 is 0 Å². The van der Waals surface area contributed by atoms with Crippen molar-refractivity contribution in [2.75, 3.05) is 0 Å². The van der Waals surface area contributed by atoms with Gasteiger partial charge in [-0.05, 0) is 25.7 Å². The highest BCUT2D eigenvalue weighted by atomic mass is 31.2. The predicted molar refractivity (Wildman–Crippen MR) is 43.3 cm³/mol. The quantitative estimate of drug-likeness (QED) is 0.476. The van der Waals surface area contributed by atoms with Crippen molar-refractivity contribution in [1.82, 2.24) is 0 Å². The lowest BCUT2D eigenvalue weighted by Crippen LogP contribution is -2.24. The third kappa shape index (κ3) is 1.09. The maximum absolute atomic E-state index is 13.4. The van der Waals surface area contributed by atoms with E-state index in [-0.39, 0.29) is 0 Å². The average Bonchev–Trinajstić information content (AvgIpc) is 1.86. The molecule has 0 N–H and O–H groups in total. The second kappa shape index (κ2) is 2.77. The zero-order valence-electron chi connectivity index (χ0n) is 6.22. The van der Waals surface area contributed by atoms with Gasteiger partial charge in [0.1, 0.15) is 0 Å². The van der Waals surface area contributed by atoms with E-state index in [0.29, 0.717) is 11.3 Å². The van der Waals surface area contributed by atoms with Crippen molar-refractivity contribution in [3.05, 3.63) is 0 Å². The van der Waals surface area contributed by atoms with Crippen molar-refractivity contribution in [2.24, 2.45) is 0 Å². The van der Waals surface area contributed by atoms with Gasteiger partial charge in [-0.15, -0.1) is 0 Å². The summed E-state index contributed by atoms with van der Waals surface area (Å²) in [6.45, 7) is 0. The third-order valence-corrected chi connectivity index (χ3v) is 5.28. The molecule has 0 radical (unpaired) electrons. The van der Waals surface area contributed by atoms with Crippen molar-refractivity contribution >= 4 is 8.23 Å². The third-order valence-electron chi connectivity index (χ3n) is 2.85. The molecule has 2 heteroatoms. The van der Waals surface area contributed by atoms with Gasteiger partial charge in [0.05, 0.1) is 8.23 Å². The van der Waals surface area contributed by atoms with Gasteiger partial charge in [0.15, 0.2) is 0 Å². The Balaban J connectivity index is 2.05. The van der Waals surface area contributed by atoms with Gasteiger partial charge in [-0.1, -0.05) is 12.8 Å². The summed E-state index contributed by atoms with van der Waals surface area (Å²) in [6.07, 6.45) is 7.38. The van der Waals surface area contributed by atoms with Crippen molar-refractivity contribution < 1.29 is 4.20 Å². The Morgan fingerprint density at radius 1 is 0.900 bits per heavy atom. The van der Waals surface area contributed by atoms with Gasteiger partial charge in [-0.3, -0.25) is 0 Å². The first-order chi connectivity index (χ1) is 4.88. The second-order valence-electron chi connectivity index (χ2n) is 3.51. The second-order valence-corrected chi connectivity index (χ2v) is 5.66. The van der Waals surface area contributed by atoms with Gasteiger partial charge in [0.25, 0.3) is 0 Å². The molecule has 2 bridgehead atoms. The fourth-order valence-corrected chi connectivity index (χ4v) is 4.57. The van der Waals surface area contributed by atoms with E-state index in [1.165, 1.54) is 38.5 Å². The summed E-state index contributed by atoms with van der Waals surface area (Å²) in [5, 5.41) is 0. The average molecular weight is 160 g/mol. The minimum absolute atomic E-state index is 0.516. The number of hydrogen-bond acceptors (Lipinski definition) is 0. The first kappa shape index (κ1) is 7.03. The smallest absolute Gasteiger partial charge is 0.0876 e. The molecule has 0 aliphatic carbocycles. The maximum atomic E-state index is 13.4. The Bertz CT molecular complexity index is 104. The van der Waals surface area contributed by atoms with E-state index in [9.17, 15) is 4.20 Å². The molecule has 0 atom stereocenters. The Labute approximate surface area is 63.1 Å². The summed E-state index contributed by atoms with van der Waals surface area (Å²) in [6, 6.07) is 0. The lowest BCUT2D eigenvalue weighted by atomic mass is 9.99. The van der Waals surface area contributed by atoms with Crippen molar-refractivity contribution in [2.45, 2.75) is 49.8 Å². The number of rotatable bonds is 0. The first-order valence-electron chi connectivity index (χ1n) is 4.32. The molecule has 0 spiro atoms. The monoisotopic (exact) mass is 160 g/mol. The molecule has 2 rings (SSSR count). The fraction of sp³-hybridized carbons (Fsp3) is 1.00. The van der Waals surface area contributed by atoms with Gasteiger partial charge in [0.2, 0.25) is 0 Å². The molecule has 0 nitrogen and oxygen atoms in total. The van der Waals surface area contributed by atoms with Gasteiger partial charge >= 0.3 is 0 Å². The molecular weight excluding hydrogens is 146 g/mol. The standard InChI is InChI=1S/C8H14FP/c9-10-7-3-1-4-8(10)6-2-5-7/h7-8H,1-6H2. The number of fused-ring (bicyclic) bond motifs is 2. The van der Waals surface area contributed by atoms with Crippen molar-refractivity contribution in [1.29, 1.82) is 0 Å². The van der Waals surface area contributed by atoms with Gasteiger partial charge in [-0.25, -0.2) is 4.20 Å². The summed E-state index contributed by atoms with van der Waals surface area (Å²) in [5.41, 5.74) is 1.03. The molecule has 2 saturated heterocycles. The number of halogens is 1. The van der Waals surface area contributed by atoms with E-state index in [0.717, 1.165) is 0 Å². The van der Waals surface area contributed by atoms with Crippen LogP contribution in [0.25, 0.3) is 0 Å². The fourth-order valence-electron chi connectivity index (χ4n) is 2.26. The summed E-state index contributed by atoms with van der Waals surface area (Å²) < 4.78 is 13.4. The summed E-state index contributed by atoms with van der Waals surface area (Å²) in [4.78, 5) is 0. The van der Waals surface area contributed by atoms with Crippen molar-refractivity contribution in [3.8, 4) is 0 Å². The highest BCUT2D eigenvalue weighted by molar-refractivity contribution is 7.53. The first-order valence-corrected chi connectivity index (χ1v) is 5.69. The summed E-state index contributed by atoms with van der Waals surface area (Å²) in [5.74, 6) is 0. The normalized spacial score (nSPS) is 47.1. The van der Waals surface area contributed by atoms with Crippen LogP contribution in [0.1, 0.15) is 38.5 Å². The minimum atomic E-state index is -1.03. The van der Waals surface area contributed by atoms with E-state index in [1.54, 1.807) is 0 Å². The Morgan fingerprint density at radius 3 is 1.60 bits per heavy atom. The largest absolute Gasteiger partial charge is 0.227 e. The molecule has 0 amide bonds. The molecule has 2 fully saturated rings. The predicted octanol–water partition coefficient (Wildman–Crippen LogP) is 3.46. The van der Waals surface area contributed by atoms with Gasteiger partial charge in [-0.2, -0.15) is 0 Å². The molecular formula is C8H14FP. The van der Waals surface area contributed by atoms with E-state index >= 15 is 0 Å². The van der Waals surface area contributed by atoms with Crippen LogP contribution in [0, 0.1) is 0 Å². The van der Waals surface area contributed by atoms with Crippen LogP contribution in [0.5, 0.6) is 0 Å². The lowest BCUT2D eigenvalue weighted by Gasteiger charge is -2.37. The van der Waals surface area contributed by atoms with E-state index in [2.05, 4.69) is 0 Å². The van der Waals surface area contributed by atoms with Crippen LogP contribution >= 0.6 is 8.23 Å². The Hall–Kier alpha value is 0.360. The van der Waals surface area contributed by atoms with E-state index < -0.39 is 8.23 Å². The SMILES string of the molecule is FP1C2CCCC1CCC2. The Morgan fingerprint density at radius 2 is 1.30 bits per heavy atom. The molecule has 0 aromatic heterocycles. The van der Waals surface area contributed by atoms with Gasteiger partial charge < -0.3 is 0 Å². The minimum Gasteiger partial charge on any atom is -0.227 e. The molecule has 10 heavy (non-hydrogen) atoms. The van der Waals surface area contributed by atoms with E-state index in [4.69, 9.17) is 0 Å². The molecule has 2 aliphatic heterocycles. The van der Waals surface area contributed by atoms with Crippen LogP contribution in [0.4, 0.5) is 4.20 Å². The topological polar surface area (TPSA) is 0 Å². The van der Waals surface area contributed by atoms with Crippen LogP contribution in [-0.4, -0.2) is 11.3 Å². The van der Waals surface area contributed by atoms with E-state index in [1.807, 2.05) is 0 Å². The molecule has 2 aliphatic rings. The maximum Gasteiger partial charge on any atom is 0.0876 e. The summed E-state index contributed by atoms with van der Waals surface area (Å²) >= 11 is 0. The lowest BCUT2D eigenvalue weighted by molar-refractivity contribution is 0.457. The zero-order chi connectivity index (χ0) is 6.97. The highest BCUT2D eigenvalue weighted by Crippen LogP contribution is 2.60. The van der Waals surface area contributed by atoms with Crippen LogP contribution in [-0.2, 0) is 0 Å². The molecule has 0 unspecified atom stereocenters. The Kier molecular flexibility index (Phi) is 1.95. The highest BCUT2D eigenvalue weighted by Gasteiger charge is 2.36. The van der Waals surface area contributed by atoms with Crippen LogP contribution in [0.2, 0.25) is 0 Å². The summed E-state index contributed by atoms with van der Waals surface area (Å²) in [7, 11) is -1.03. The molecule has 2 heterocycles. The molecule has 58 valence electrons. The molecule has 0 aromatic carbocycles. The van der Waals surface area contributed by atoms with Crippen molar-refractivity contribution in [3.63, 3.8) is 0 Å². The molecule has 0 aromatic rings.